The summed E-state index contributed by atoms with van der Waals surface area (Å²) in [7, 11) is -3.58. The summed E-state index contributed by atoms with van der Waals surface area (Å²) < 4.78 is 29.7. The number of hydrogen-bond acceptors (Lipinski definition) is 4. The fourth-order valence-electron chi connectivity index (χ4n) is 2.31. The molecule has 126 valence electrons. The lowest BCUT2D eigenvalue weighted by atomic mass is 10.2. The number of nitrogens with one attached hydrogen (secondary N) is 1. The lowest BCUT2D eigenvalue weighted by molar-refractivity contribution is 0.583. The van der Waals surface area contributed by atoms with E-state index < -0.39 is 10.0 Å². The smallest absolute Gasteiger partial charge is 0.250 e. The molecular formula is C16H16ClN3O2S2. The van der Waals surface area contributed by atoms with Crippen LogP contribution in [-0.2, 0) is 23.1 Å². The second-order valence-electron chi connectivity index (χ2n) is 5.10. The molecule has 8 heteroatoms. The summed E-state index contributed by atoms with van der Waals surface area (Å²) in [4.78, 5) is 0. The van der Waals surface area contributed by atoms with Crippen LogP contribution >= 0.6 is 22.9 Å². The molecule has 0 bridgehead atoms. The van der Waals surface area contributed by atoms with Crippen molar-refractivity contribution in [1.29, 1.82) is 0 Å². The molecule has 0 spiro atoms. The van der Waals surface area contributed by atoms with E-state index in [1.165, 1.54) is 11.3 Å². The summed E-state index contributed by atoms with van der Waals surface area (Å²) in [5.74, 6) is 0. The summed E-state index contributed by atoms with van der Waals surface area (Å²) in [5, 5.41) is 6.58. The molecule has 1 N–H and O–H groups in total. The van der Waals surface area contributed by atoms with Crippen LogP contribution < -0.4 is 4.72 Å². The van der Waals surface area contributed by atoms with Crippen LogP contribution in [0.3, 0.4) is 0 Å². The van der Waals surface area contributed by atoms with Crippen molar-refractivity contribution >= 4 is 33.0 Å². The van der Waals surface area contributed by atoms with Gasteiger partial charge in [0, 0.05) is 35.3 Å². The van der Waals surface area contributed by atoms with Gasteiger partial charge in [-0.25, -0.2) is 13.1 Å². The van der Waals surface area contributed by atoms with Gasteiger partial charge in [0.25, 0.3) is 0 Å². The molecule has 3 aromatic rings. The van der Waals surface area contributed by atoms with Crippen LogP contribution in [0.25, 0.3) is 11.3 Å². The van der Waals surface area contributed by atoms with Gasteiger partial charge in [-0.15, -0.1) is 11.3 Å². The fraction of sp³-hybridized carbons (Fsp3) is 0.188. The third kappa shape index (κ3) is 3.54. The average Bonchev–Trinajstić information content (AvgIpc) is 3.22. The maximum absolute atomic E-state index is 12.5. The molecule has 0 fully saturated rings. The van der Waals surface area contributed by atoms with Crippen LogP contribution in [0.4, 0.5) is 0 Å². The third-order valence-corrected chi connectivity index (χ3v) is 6.77. The lowest BCUT2D eigenvalue weighted by Crippen LogP contribution is -2.22. The predicted octanol–water partition coefficient (Wildman–Crippen LogP) is 3.76. The van der Waals surface area contributed by atoms with E-state index in [9.17, 15) is 8.42 Å². The first-order chi connectivity index (χ1) is 11.5. The van der Waals surface area contributed by atoms with Gasteiger partial charge in [-0.05, 0) is 30.7 Å². The Hall–Kier alpha value is -1.67. The highest BCUT2D eigenvalue weighted by Crippen LogP contribution is 2.28. The van der Waals surface area contributed by atoms with E-state index in [0.29, 0.717) is 5.02 Å². The maximum atomic E-state index is 12.5. The zero-order valence-electron chi connectivity index (χ0n) is 12.9. The quantitative estimate of drug-likeness (QED) is 0.707. The lowest BCUT2D eigenvalue weighted by Gasteiger charge is -2.06. The van der Waals surface area contributed by atoms with E-state index >= 15 is 0 Å². The van der Waals surface area contributed by atoms with Crippen molar-refractivity contribution in [3.05, 3.63) is 58.6 Å². The first-order valence-electron chi connectivity index (χ1n) is 7.35. The maximum Gasteiger partial charge on any atom is 0.250 e. The molecule has 0 saturated carbocycles. The molecule has 0 atom stereocenters. The van der Waals surface area contributed by atoms with Crippen molar-refractivity contribution in [1.82, 2.24) is 14.5 Å². The summed E-state index contributed by atoms with van der Waals surface area (Å²) in [6.45, 7) is 2.87. The Morgan fingerprint density at radius 2 is 2.08 bits per heavy atom. The van der Waals surface area contributed by atoms with Gasteiger partial charge >= 0.3 is 0 Å². The molecular weight excluding hydrogens is 366 g/mol. The average molecular weight is 382 g/mol. The Labute approximate surface area is 150 Å². The molecule has 0 aliphatic rings. The highest BCUT2D eigenvalue weighted by atomic mass is 35.5. The Morgan fingerprint density at radius 1 is 1.29 bits per heavy atom. The first kappa shape index (κ1) is 17.2. The zero-order chi connectivity index (χ0) is 17.2. The minimum absolute atomic E-state index is 0.155. The molecule has 1 aromatic carbocycles. The Bertz CT molecular complexity index is 948. The summed E-state index contributed by atoms with van der Waals surface area (Å²) in [5.41, 5.74) is 2.49. The van der Waals surface area contributed by atoms with Crippen molar-refractivity contribution in [3.63, 3.8) is 0 Å². The largest absolute Gasteiger partial charge is 0.265 e. The van der Waals surface area contributed by atoms with E-state index in [1.807, 2.05) is 35.2 Å². The topological polar surface area (TPSA) is 64.0 Å². The fourth-order valence-corrected chi connectivity index (χ4v) is 4.73. The monoisotopic (exact) mass is 381 g/mol. The van der Waals surface area contributed by atoms with E-state index in [4.69, 9.17) is 11.6 Å². The highest BCUT2D eigenvalue weighted by molar-refractivity contribution is 7.91. The number of aromatic nitrogens is 2. The van der Waals surface area contributed by atoms with E-state index in [-0.39, 0.29) is 10.8 Å². The van der Waals surface area contributed by atoms with Crippen LogP contribution in [0.5, 0.6) is 0 Å². The number of thiophene rings is 1. The molecule has 2 heterocycles. The summed E-state index contributed by atoms with van der Waals surface area (Å²) >= 11 is 7.25. The van der Waals surface area contributed by atoms with Gasteiger partial charge in [-0.2, -0.15) is 5.10 Å². The number of nitrogens with zero attached hydrogens (tertiary/aromatic N) is 2. The Kier molecular flexibility index (Phi) is 5.05. The van der Waals surface area contributed by atoms with Gasteiger partial charge in [-0.1, -0.05) is 29.8 Å². The van der Waals surface area contributed by atoms with Crippen molar-refractivity contribution in [2.45, 2.75) is 24.2 Å². The van der Waals surface area contributed by atoms with E-state index in [0.717, 1.165) is 23.4 Å². The molecule has 0 aliphatic heterocycles. The normalized spacial score (nSPS) is 11.8. The molecule has 0 amide bonds. The molecule has 0 aliphatic carbocycles. The van der Waals surface area contributed by atoms with Crippen LogP contribution in [-0.4, -0.2) is 18.2 Å². The predicted molar refractivity (Wildman–Crippen MR) is 96.7 cm³/mol. The van der Waals surface area contributed by atoms with Crippen molar-refractivity contribution in [3.8, 4) is 11.3 Å². The van der Waals surface area contributed by atoms with Gasteiger partial charge in [0.15, 0.2) is 0 Å². The van der Waals surface area contributed by atoms with Crippen LogP contribution in [0.2, 0.25) is 5.02 Å². The minimum Gasteiger partial charge on any atom is -0.265 e. The number of halogens is 1. The summed E-state index contributed by atoms with van der Waals surface area (Å²) in [6, 6.07) is 10.7. The Morgan fingerprint density at radius 3 is 2.83 bits per heavy atom. The minimum atomic E-state index is -3.58. The molecule has 2 aromatic heterocycles. The molecule has 3 rings (SSSR count). The summed E-state index contributed by atoms with van der Waals surface area (Å²) in [6.07, 6.45) is 1.71. The van der Waals surface area contributed by atoms with E-state index in [1.54, 1.807) is 24.4 Å². The second-order valence-corrected chi connectivity index (χ2v) is 8.41. The number of hydrogen-bond donors (Lipinski definition) is 1. The van der Waals surface area contributed by atoms with Crippen molar-refractivity contribution < 1.29 is 8.42 Å². The number of aryl methyl sites for hydroxylation is 1. The standard InChI is InChI=1S/C16H16ClN3O2S2/c1-2-20-15(7-8-18-20)13-9-16(23-11-13)24(21,22)19-10-12-5-3-4-6-14(12)17/h3-9,11,19H,2,10H2,1H3. The second kappa shape index (κ2) is 7.06. The van der Waals surface area contributed by atoms with Crippen LogP contribution in [0.1, 0.15) is 12.5 Å². The molecule has 0 saturated heterocycles. The first-order valence-corrected chi connectivity index (χ1v) is 10.1. The molecule has 0 radical (unpaired) electrons. The van der Waals surface area contributed by atoms with Crippen LogP contribution in [0, 0.1) is 0 Å². The Balaban J connectivity index is 1.80. The van der Waals surface area contributed by atoms with Gasteiger partial charge in [0.2, 0.25) is 10.0 Å². The van der Waals surface area contributed by atoms with E-state index in [2.05, 4.69) is 9.82 Å². The number of benzene rings is 1. The SMILES string of the molecule is CCn1nccc1-c1csc(S(=O)(=O)NCc2ccccc2Cl)c1. The van der Waals surface area contributed by atoms with Gasteiger partial charge < -0.3 is 0 Å². The molecule has 0 unspecified atom stereocenters. The molecule has 5 nitrogen and oxygen atoms in total. The zero-order valence-corrected chi connectivity index (χ0v) is 15.3. The number of sulfonamides is 1. The van der Waals surface area contributed by atoms with Gasteiger partial charge in [-0.3, -0.25) is 4.68 Å². The molecule has 24 heavy (non-hydrogen) atoms. The third-order valence-electron chi connectivity index (χ3n) is 3.56. The van der Waals surface area contributed by atoms with Crippen molar-refractivity contribution in [2.24, 2.45) is 0 Å². The number of rotatable bonds is 6. The highest BCUT2D eigenvalue weighted by Gasteiger charge is 2.18. The van der Waals surface area contributed by atoms with Gasteiger partial charge in [0.05, 0.1) is 5.69 Å². The van der Waals surface area contributed by atoms with Crippen LogP contribution in [0.15, 0.2) is 52.2 Å². The van der Waals surface area contributed by atoms with Crippen molar-refractivity contribution in [2.75, 3.05) is 0 Å². The van der Waals surface area contributed by atoms with Gasteiger partial charge in [0.1, 0.15) is 4.21 Å².